The fourth-order valence-corrected chi connectivity index (χ4v) is 6.14. The average molecular weight is 446 g/mol. The van der Waals surface area contributed by atoms with Gasteiger partial charge in [0, 0.05) is 19.3 Å². The van der Waals surface area contributed by atoms with Crippen LogP contribution >= 0.6 is 0 Å². The number of nitrogens with zero attached hydrogens (tertiary/aromatic N) is 3. The van der Waals surface area contributed by atoms with E-state index >= 15 is 0 Å². The molecule has 1 saturated carbocycles. The van der Waals surface area contributed by atoms with E-state index in [2.05, 4.69) is 31.5 Å². The number of hydrogen-bond donors (Lipinski definition) is 2. The van der Waals surface area contributed by atoms with E-state index in [-0.39, 0.29) is 18.5 Å². The highest BCUT2D eigenvalue weighted by atomic mass is 32.2. The topological polar surface area (TPSA) is 88.9 Å². The zero-order chi connectivity index (χ0) is 21.5. The lowest BCUT2D eigenvalue weighted by molar-refractivity contribution is -0.129. The van der Waals surface area contributed by atoms with Gasteiger partial charge in [-0.3, -0.25) is 0 Å². The van der Waals surface area contributed by atoms with Crippen molar-refractivity contribution in [2.45, 2.75) is 44.8 Å². The Morgan fingerprint density at radius 1 is 1.30 bits per heavy atom. The predicted octanol–water partition coefficient (Wildman–Crippen LogP) is 3.27. The van der Waals surface area contributed by atoms with Gasteiger partial charge in [0.2, 0.25) is 10.0 Å². The summed E-state index contributed by atoms with van der Waals surface area (Å²) in [4.78, 5) is 8.65. The second kappa shape index (κ2) is 7.99. The molecule has 1 unspecified atom stereocenters. The maximum absolute atomic E-state index is 12.3. The van der Waals surface area contributed by atoms with Crippen molar-refractivity contribution in [2.75, 3.05) is 24.2 Å². The van der Waals surface area contributed by atoms with Crippen LogP contribution in [-0.4, -0.2) is 48.0 Å². The molecule has 1 fully saturated rings. The summed E-state index contributed by atoms with van der Waals surface area (Å²) in [6.07, 6.45) is 0.395. The second-order valence-corrected chi connectivity index (χ2v) is 10.2. The summed E-state index contributed by atoms with van der Waals surface area (Å²) in [6.45, 7) is 3.10. The normalized spacial score (nSPS) is 26.8. The van der Waals surface area contributed by atoms with Crippen molar-refractivity contribution in [1.29, 1.82) is 0 Å². The van der Waals surface area contributed by atoms with Gasteiger partial charge in [-0.25, -0.2) is 23.1 Å². The van der Waals surface area contributed by atoms with Gasteiger partial charge >= 0.3 is 6.18 Å². The number of sulfonamides is 1. The van der Waals surface area contributed by atoms with E-state index in [0.717, 1.165) is 37.3 Å². The van der Waals surface area contributed by atoms with E-state index in [0.29, 0.717) is 17.7 Å². The molecule has 11 heteroatoms. The summed E-state index contributed by atoms with van der Waals surface area (Å²) >= 11 is 0. The number of nitrogens with one attached hydrogen (secondary N) is 2. The molecule has 4 rings (SSSR count). The number of anilines is 1. The van der Waals surface area contributed by atoms with Gasteiger partial charge in [-0.15, -0.1) is 0 Å². The van der Waals surface area contributed by atoms with Crippen LogP contribution in [0, 0.1) is 17.8 Å². The van der Waals surface area contributed by atoms with Gasteiger partial charge in [0.1, 0.15) is 5.82 Å². The minimum absolute atomic E-state index is 0.111. The van der Waals surface area contributed by atoms with Crippen molar-refractivity contribution in [1.82, 2.24) is 19.3 Å². The van der Waals surface area contributed by atoms with Crippen LogP contribution < -0.4 is 10.0 Å². The maximum Gasteiger partial charge on any atom is 0.390 e. The molecule has 0 bridgehead atoms. The lowest BCUT2D eigenvalue weighted by Gasteiger charge is -2.27. The first-order chi connectivity index (χ1) is 14.2. The third-order valence-electron chi connectivity index (χ3n) is 6.42. The van der Waals surface area contributed by atoms with Crippen LogP contribution in [0.2, 0.25) is 0 Å². The van der Waals surface area contributed by atoms with E-state index < -0.39 is 28.4 Å². The molecule has 3 heterocycles. The second-order valence-electron chi connectivity index (χ2n) is 8.32. The smallest absolute Gasteiger partial charge is 0.368 e. The van der Waals surface area contributed by atoms with Gasteiger partial charge in [-0.1, -0.05) is 13.3 Å². The van der Waals surface area contributed by atoms with Crippen molar-refractivity contribution in [2.24, 2.45) is 17.8 Å². The molecule has 0 aromatic heterocycles. The largest absolute Gasteiger partial charge is 0.390 e. The molecular weight excluding hydrogens is 419 g/mol. The van der Waals surface area contributed by atoms with E-state index in [4.69, 9.17) is 0 Å². The van der Waals surface area contributed by atoms with Gasteiger partial charge < -0.3 is 9.88 Å². The first-order valence-electron chi connectivity index (χ1n) is 10.3. The molecule has 0 spiro atoms. The molecule has 1 aliphatic carbocycles. The van der Waals surface area contributed by atoms with Crippen molar-refractivity contribution in [3.63, 3.8) is 0 Å². The predicted molar refractivity (Wildman–Crippen MR) is 107 cm³/mol. The molecule has 30 heavy (non-hydrogen) atoms. The molecule has 0 amide bonds. The first kappa shape index (κ1) is 21.4. The standard InChI is InChI=1S/C19H26F3N5O2S/c1-2-13-7-12(9-26-30(28,29)6-4-19(20,21)22)8-14(13)16-10-24-17-11-25-18-15(27(16)17)3-5-23-18/h3,5,11-14,16,24,26H,2,4,6-10H2,1H3/t12-,13-,14+,16?/m0/s1. The fraction of sp³-hybridized carbons (Fsp3) is 0.684. The molecule has 166 valence electrons. The Hall–Kier alpha value is -1.88. The average Bonchev–Trinajstić information content (AvgIpc) is 3.40. The molecule has 0 aromatic rings. The number of fused-ring (bicyclic) bond motifs is 3. The van der Waals surface area contributed by atoms with Gasteiger partial charge in [0.25, 0.3) is 0 Å². The van der Waals surface area contributed by atoms with Crippen LogP contribution in [0.3, 0.4) is 0 Å². The van der Waals surface area contributed by atoms with Gasteiger partial charge in [0.15, 0.2) is 5.82 Å². The number of hydrogen-bond acceptors (Lipinski definition) is 5. The zero-order valence-electron chi connectivity index (χ0n) is 16.7. The van der Waals surface area contributed by atoms with Crippen molar-refractivity contribution in [3.8, 4) is 11.5 Å². The Balaban J connectivity index is 1.43. The van der Waals surface area contributed by atoms with E-state index in [9.17, 15) is 21.6 Å². The van der Waals surface area contributed by atoms with Crippen LogP contribution in [0.25, 0.3) is 11.5 Å². The lowest BCUT2D eigenvalue weighted by Crippen LogP contribution is -2.32. The fourth-order valence-electron chi connectivity index (χ4n) is 5.00. The van der Waals surface area contributed by atoms with Crippen molar-refractivity contribution in [3.05, 3.63) is 18.5 Å². The van der Waals surface area contributed by atoms with Crippen molar-refractivity contribution >= 4 is 15.8 Å². The SMILES string of the molecule is CC[C@H]1C[C@H](CNS(=O)(=O)CCC(F)(F)F)C[C@H]1C1CNc2cnc3nccc-3n21. The first-order valence-corrected chi connectivity index (χ1v) is 11.9. The van der Waals surface area contributed by atoms with Crippen LogP contribution in [0.15, 0.2) is 18.5 Å². The summed E-state index contributed by atoms with van der Waals surface area (Å²) in [5.41, 5.74) is 0.980. The summed E-state index contributed by atoms with van der Waals surface area (Å²) in [6, 6.07) is 2.17. The van der Waals surface area contributed by atoms with Gasteiger partial charge in [0.05, 0.1) is 30.1 Å². The molecule has 3 aliphatic heterocycles. The van der Waals surface area contributed by atoms with Gasteiger partial charge in [-0.2, -0.15) is 13.2 Å². The minimum atomic E-state index is -4.48. The van der Waals surface area contributed by atoms with Crippen molar-refractivity contribution < 1.29 is 21.6 Å². The molecule has 2 N–H and O–H groups in total. The highest BCUT2D eigenvalue weighted by molar-refractivity contribution is 7.89. The lowest BCUT2D eigenvalue weighted by atomic mass is 9.87. The van der Waals surface area contributed by atoms with Crippen LogP contribution in [0.1, 0.15) is 38.6 Å². The third kappa shape index (κ3) is 4.41. The Morgan fingerprint density at radius 2 is 2.10 bits per heavy atom. The highest BCUT2D eigenvalue weighted by Gasteiger charge is 2.42. The molecule has 4 aliphatic rings. The Kier molecular flexibility index (Phi) is 5.69. The molecule has 7 nitrogen and oxygen atoms in total. The molecule has 0 saturated heterocycles. The molecular formula is C19H26F3N5O2S. The quantitative estimate of drug-likeness (QED) is 0.683. The zero-order valence-corrected chi connectivity index (χ0v) is 17.5. The monoisotopic (exact) mass is 445 g/mol. The molecule has 4 atom stereocenters. The van der Waals surface area contributed by atoms with E-state index in [1.54, 1.807) is 12.4 Å². The Bertz CT molecular complexity index is 961. The summed E-state index contributed by atoms with van der Waals surface area (Å²) < 4.78 is 65.6. The third-order valence-corrected chi connectivity index (χ3v) is 7.77. The number of aromatic nitrogens is 3. The number of alkyl halides is 3. The molecule has 0 radical (unpaired) electrons. The maximum atomic E-state index is 12.3. The van der Waals surface area contributed by atoms with E-state index in [1.165, 1.54) is 0 Å². The minimum Gasteiger partial charge on any atom is -0.368 e. The number of rotatable bonds is 7. The van der Waals surface area contributed by atoms with Crippen LogP contribution in [-0.2, 0) is 10.0 Å². The molecule has 0 aromatic carbocycles. The van der Waals surface area contributed by atoms with Crippen LogP contribution in [0.5, 0.6) is 0 Å². The van der Waals surface area contributed by atoms with Crippen LogP contribution in [0.4, 0.5) is 19.0 Å². The summed E-state index contributed by atoms with van der Waals surface area (Å²) in [5, 5.41) is 3.41. The van der Waals surface area contributed by atoms with E-state index in [1.807, 2.05) is 6.07 Å². The summed E-state index contributed by atoms with van der Waals surface area (Å²) in [7, 11) is -3.94. The number of halogens is 3. The summed E-state index contributed by atoms with van der Waals surface area (Å²) in [5.74, 6) is 1.61. The Labute approximate surface area is 173 Å². The Morgan fingerprint density at radius 3 is 2.83 bits per heavy atom. The van der Waals surface area contributed by atoms with Gasteiger partial charge in [-0.05, 0) is 36.7 Å². The highest BCUT2D eigenvalue weighted by Crippen LogP contribution is 2.47.